The van der Waals surface area contributed by atoms with Crippen LogP contribution in [0.5, 0.6) is 0 Å². The maximum absolute atomic E-state index is 12.1. The number of rotatable bonds is 8. The summed E-state index contributed by atoms with van der Waals surface area (Å²) in [6.07, 6.45) is 1.57. The molecule has 0 saturated carbocycles. The van der Waals surface area contributed by atoms with Crippen molar-refractivity contribution in [2.75, 3.05) is 19.7 Å². The Morgan fingerprint density at radius 2 is 1.74 bits per heavy atom. The van der Waals surface area contributed by atoms with Gasteiger partial charge in [-0.2, -0.15) is 0 Å². The molecule has 1 aromatic carbocycles. The van der Waals surface area contributed by atoms with Crippen molar-refractivity contribution in [1.29, 1.82) is 0 Å². The summed E-state index contributed by atoms with van der Waals surface area (Å²) in [5.41, 5.74) is 2.43. The van der Waals surface area contributed by atoms with E-state index in [9.17, 15) is 14.7 Å². The van der Waals surface area contributed by atoms with Gasteiger partial charge in [-0.05, 0) is 49.9 Å². The Bertz CT molecular complexity index is 543. The number of hydrogen-bond acceptors (Lipinski definition) is 3. The highest BCUT2D eigenvalue weighted by Crippen LogP contribution is 2.24. The van der Waals surface area contributed by atoms with Crippen LogP contribution in [0.4, 0.5) is 0 Å². The number of benzene rings is 1. The molecule has 0 unspecified atom stereocenters. The number of carbonyl (C=O) groups is 2. The van der Waals surface area contributed by atoms with Crippen molar-refractivity contribution in [2.45, 2.75) is 40.5 Å². The Hall–Kier alpha value is -1.88. The number of aliphatic hydroxyl groups excluding tert-OH is 1. The Morgan fingerprint density at radius 3 is 2.26 bits per heavy atom. The quantitative estimate of drug-likeness (QED) is 0.685. The summed E-state index contributed by atoms with van der Waals surface area (Å²) in [5, 5.41) is 14.9. The van der Waals surface area contributed by atoms with Crippen LogP contribution in [0.15, 0.2) is 18.2 Å². The summed E-state index contributed by atoms with van der Waals surface area (Å²) in [5.74, 6) is -0.510. The smallest absolute Gasteiger partial charge is 0.251 e. The fourth-order valence-electron chi connectivity index (χ4n) is 2.27. The van der Waals surface area contributed by atoms with E-state index in [4.69, 9.17) is 0 Å². The summed E-state index contributed by atoms with van der Waals surface area (Å²) in [6.45, 7) is 8.30. The molecule has 0 aliphatic rings. The largest absolute Gasteiger partial charge is 0.396 e. The highest BCUT2D eigenvalue weighted by atomic mass is 16.3. The van der Waals surface area contributed by atoms with Gasteiger partial charge in [-0.3, -0.25) is 9.59 Å². The van der Waals surface area contributed by atoms with Crippen LogP contribution in [-0.2, 0) is 4.79 Å². The summed E-state index contributed by atoms with van der Waals surface area (Å²) >= 11 is 0. The summed E-state index contributed by atoms with van der Waals surface area (Å²) in [4.78, 5) is 23.9. The zero-order chi connectivity index (χ0) is 17.5. The molecule has 23 heavy (non-hydrogen) atoms. The van der Waals surface area contributed by atoms with E-state index in [1.165, 1.54) is 0 Å². The van der Waals surface area contributed by atoms with E-state index in [2.05, 4.69) is 10.6 Å². The van der Waals surface area contributed by atoms with Gasteiger partial charge in [0.1, 0.15) is 0 Å². The van der Waals surface area contributed by atoms with Crippen LogP contribution in [0, 0.1) is 19.3 Å². The van der Waals surface area contributed by atoms with Crippen LogP contribution in [0.2, 0.25) is 0 Å². The lowest BCUT2D eigenvalue weighted by molar-refractivity contribution is -0.120. The Kier molecular flexibility index (Phi) is 7.23. The highest BCUT2D eigenvalue weighted by Gasteiger charge is 2.25. The SMILES string of the molecule is CCC(CC)(CO)CNC(=O)CNC(=O)c1ccc(C)c(C)c1. The molecule has 0 aliphatic carbocycles. The maximum Gasteiger partial charge on any atom is 0.251 e. The minimum Gasteiger partial charge on any atom is -0.396 e. The molecule has 0 fully saturated rings. The molecule has 1 aromatic rings. The monoisotopic (exact) mass is 320 g/mol. The van der Waals surface area contributed by atoms with Crippen molar-refractivity contribution in [3.63, 3.8) is 0 Å². The number of aryl methyl sites for hydroxylation is 2. The molecular formula is C18H28N2O3. The van der Waals surface area contributed by atoms with Gasteiger partial charge in [-0.15, -0.1) is 0 Å². The van der Waals surface area contributed by atoms with Gasteiger partial charge in [0.05, 0.1) is 13.2 Å². The lowest BCUT2D eigenvalue weighted by Crippen LogP contribution is -2.43. The minimum atomic E-state index is -0.284. The number of hydrogen-bond donors (Lipinski definition) is 3. The van der Waals surface area contributed by atoms with Crippen LogP contribution in [0.3, 0.4) is 0 Å². The number of nitrogens with one attached hydrogen (secondary N) is 2. The van der Waals surface area contributed by atoms with Crippen molar-refractivity contribution in [3.05, 3.63) is 34.9 Å². The van der Waals surface area contributed by atoms with Gasteiger partial charge >= 0.3 is 0 Å². The third-order valence-corrected chi connectivity index (χ3v) is 4.67. The lowest BCUT2D eigenvalue weighted by atomic mass is 9.83. The normalized spacial score (nSPS) is 11.2. The zero-order valence-corrected chi connectivity index (χ0v) is 14.5. The topological polar surface area (TPSA) is 78.4 Å². The van der Waals surface area contributed by atoms with E-state index in [0.29, 0.717) is 12.1 Å². The Labute approximate surface area is 138 Å². The van der Waals surface area contributed by atoms with E-state index in [0.717, 1.165) is 24.0 Å². The predicted molar refractivity (Wildman–Crippen MR) is 91.4 cm³/mol. The first-order valence-corrected chi connectivity index (χ1v) is 8.10. The molecule has 2 amide bonds. The van der Waals surface area contributed by atoms with E-state index < -0.39 is 0 Å². The summed E-state index contributed by atoms with van der Waals surface area (Å²) in [7, 11) is 0. The fraction of sp³-hybridized carbons (Fsp3) is 0.556. The van der Waals surface area contributed by atoms with Gasteiger partial charge in [0.2, 0.25) is 5.91 Å². The average Bonchev–Trinajstić information content (AvgIpc) is 2.57. The van der Waals surface area contributed by atoms with Crippen molar-refractivity contribution >= 4 is 11.8 Å². The second kappa shape index (κ2) is 8.67. The van der Waals surface area contributed by atoms with Crippen molar-refractivity contribution < 1.29 is 14.7 Å². The van der Waals surface area contributed by atoms with E-state index >= 15 is 0 Å². The molecule has 0 heterocycles. The molecule has 1 rings (SSSR count). The van der Waals surface area contributed by atoms with Gasteiger partial charge in [-0.25, -0.2) is 0 Å². The van der Waals surface area contributed by atoms with Crippen molar-refractivity contribution in [2.24, 2.45) is 5.41 Å². The molecule has 5 nitrogen and oxygen atoms in total. The molecule has 0 aliphatic heterocycles. The van der Waals surface area contributed by atoms with Gasteiger partial charge < -0.3 is 15.7 Å². The number of amides is 2. The first kappa shape index (κ1) is 19.2. The number of carbonyl (C=O) groups excluding carboxylic acids is 2. The van der Waals surface area contributed by atoms with E-state index in [1.807, 2.05) is 39.8 Å². The van der Waals surface area contributed by atoms with E-state index in [1.54, 1.807) is 6.07 Å². The maximum atomic E-state index is 12.1. The van der Waals surface area contributed by atoms with E-state index in [-0.39, 0.29) is 30.4 Å². The molecule has 0 atom stereocenters. The summed E-state index contributed by atoms with van der Waals surface area (Å²) in [6, 6.07) is 5.45. The van der Waals surface area contributed by atoms with Crippen molar-refractivity contribution in [1.82, 2.24) is 10.6 Å². The van der Waals surface area contributed by atoms with Gasteiger partial charge in [0.15, 0.2) is 0 Å². The third kappa shape index (κ3) is 5.36. The van der Waals surface area contributed by atoms with Crippen LogP contribution in [0.1, 0.15) is 48.2 Å². The van der Waals surface area contributed by atoms with Crippen LogP contribution >= 0.6 is 0 Å². The minimum absolute atomic E-state index is 0.0370. The predicted octanol–water partition coefficient (Wildman–Crippen LogP) is 1.95. The molecular weight excluding hydrogens is 292 g/mol. The molecule has 128 valence electrons. The van der Waals surface area contributed by atoms with Crippen LogP contribution in [0.25, 0.3) is 0 Å². The third-order valence-electron chi connectivity index (χ3n) is 4.67. The molecule has 0 bridgehead atoms. The first-order valence-electron chi connectivity index (χ1n) is 8.10. The van der Waals surface area contributed by atoms with Gasteiger partial charge in [-0.1, -0.05) is 19.9 Å². The molecule has 0 radical (unpaired) electrons. The van der Waals surface area contributed by atoms with Crippen LogP contribution < -0.4 is 10.6 Å². The highest BCUT2D eigenvalue weighted by molar-refractivity contribution is 5.96. The molecule has 0 spiro atoms. The average molecular weight is 320 g/mol. The van der Waals surface area contributed by atoms with Crippen molar-refractivity contribution in [3.8, 4) is 0 Å². The molecule has 5 heteroatoms. The Balaban J connectivity index is 2.49. The molecule has 0 aromatic heterocycles. The zero-order valence-electron chi connectivity index (χ0n) is 14.5. The molecule has 0 saturated heterocycles. The second-order valence-electron chi connectivity index (χ2n) is 6.12. The lowest BCUT2D eigenvalue weighted by Gasteiger charge is -2.29. The standard InChI is InChI=1S/C18H28N2O3/c1-5-18(6-2,12-21)11-20-16(22)10-19-17(23)15-8-7-13(3)14(4)9-15/h7-9,21H,5-6,10-12H2,1-4H3,(H,19,23)(H,20,22). The Morgan fingerprint density at radius 1 is 1.09 bits per heavy atom. The number of aliphatic hydroxyl groups is 1. The van der Waals surface area contributed by atoms with Gasteiger partial charge in [0, 0.05) is 17.5 Å². The second-order valence-corrected chi connectivity index (χ2v) is 6.12. The van der Waals surface area contributed by atoms with Gasteiger partial charge in [0.25, 0.3) is 5.91 Å². The first-order chi connectivity index (χ1) is 10.9. The summed E-state index contributed by atoms with van der Waals surface area (Å²) < 4.78 is 0. The van der Waals surface area contributed by atoms with Crippen LogP contribution in [-0.4, -0.2) is 36.6 Å². The fourth-order valence-corrected chi connectivity index (χ4v) is 2.27. The molecule has 3 N–H and O–H groups in total.